The van der Waals surface area contributed by atoms with Crippen molar-refractivity contribution >= 4 is 11.6 Å². The molecule has 0 saturated carbocycles. The Labute approximate surface area is 133 Å². The lowest BCUT2D eigenvalue weighted by molar-refractivity contribution is 0.0937. The molecule has 122 valence electrons. The summed E-state index contributed by atoms with van der Waals surface area (Å²) >= 11 is 0. The zero-order valence-electron chi connectivity index (χ0n) is 13.9. The molecule has 1 aliphatic heterocycles. The third-order valence-corrected chi connectivity index (χ3v) is 4.28. The second-order valence-corrected chi connectivity index (χ2v) is 6.49. The monoisotopic (exact) mass is 304 g/mol. The SMILES string of the molecule is Cc1ccc(N)cc1C(=O)NCC(C)CN1CCN(C)CC1. The summed E-state index contributed by atoms with van der Waals surface area (Å²) in [5.41, 5.74) is 8.02. The Morgan fingerprint density at radius 1 is 1.32 bits per heavy atom. The third kappa shape index (κ3) is 4.71. The van der Waals surface area contributed by atoms with Gasteiger partial charge in [-0.3, -0.25) is 4.79 Å². The number of carbonyl (C=O) groups is 1. The van der Waals surface area contributed by atoms with Gasteiger partial charge >= 0.3 is 0 Å². The fourth-order valence-corrected chi connectivity index (χ4v) is 2.78. The van der Waals surface area contributed by atoms with Gasteiger partial charge in [0.2, 0.25) is 0 Å². The molecule has 5 heteroatoms. The summed E-state index contributed by atoms with van der Waals surface area (Å²) < 4.78 is 0. The van der Waals surface area contributed by atoms with Crippen molar-refractivity contribution in [3.8, 4) is 0 Å². The maximum atomic E-state index is 12.3. The summed E-state index contributed by atoms with van der Waals surface area (Å²) in [6.45, 7) is 10.3. The van der Waals surface area contributed by atoms with Crippen LogP contribution < -0.4 is 11.1 Å². The molecule has 1 heterocycles. The van der Waals surface area contributed by atoms with Gasteiger partial charge in [0, 0.05) is 50.5 Å². The number of nitrogens with zero attached hydrogens (tertiary/aromatic N) is 2. The summed E-state index contributed by atoms with van der Waals surface area (Å²) in [6.07, 6.45) is 0. The van der Waals surface area contributed by atoms with Crippen LogP contribution in [0.5, 0.6) is 0 Å². The minimum absolute atomic E-state index is 0.0324. The maximum Gasteiger partial charge on any atom is 0.251 e. The minimum Gasteiger partial charge on any atom is -0.399 e. The molecular formula is C17H28N4O. The van der Waals surface area contributed by atoms with Gasteiger partial charge in [-0.2, -0.15) is 0 Å². The molecule has 0 aliphatic carbocycles. The van der Waals surface area contributed by atoms with Crippen molar-refractivity contribution in [1.82, 2.24) is 15.1 Å². The molecule has 1 atom stereocenters. The van der Waals surface area contributed by atoms with E-state index < -0.39 is 0 Å². The van der Waals surface area contributed by atoms with E-state index in [2.05, 4.69) is 29.1 Å². The van der Waals surface area contributed by atoms with E-state index in [9.17, 15) is 4.79 Å². The number of likely N-dealkylation sites (N-methyl/N-ethyl adjacent to an activating group) is 1. The molecule has 22 heavy (non-hydrogen) atoms. The predicted molar refractivity (Wildman–Crippen MR) is 91.0 cm³/mol. The van der Waals surface area contributed by atoms with Gasteiger partial charge in [-0.25, -0.2) is 0 Å². The molecule has 1 unspecified atom stereocenters. The first-order chi connectivity index (χ1) is 10.5. The predicted octanol–water partition coefficient (Wildman–Crippen LogP) is 1.19. The van der Waals surface area contributed by atoms with E-state index in [1.165, 1.54) is 0 Å². The lowest BCUT2D eigenvalue weighted by atomic mass is 10.1. The van der Waals surface area contributed by atoms with Gasteiger partial charge < -0.3 is 20.9 Å². The number of benzene rings is 1. The van der Waals surface area contributed by atoms with Crippen LogP contribution >= 0.6 is 0 Å². The quantitative estimate of drug-likeness (QED) is 0.802. The van der Waals surface area contributed by atoms with Crippen LogP contribution in [-0.2, 0) is 0 Å². The van der Waals surface area contributed by atoms with E-state index in [1.54, 1.807) is 6.07 Å². The molecule has 0 aromatic heterocycles. The second kappa shape index (κ2) is 7.61. The lowest BCUT2D eigenvalue weighted by Gasteiger charge is -2.33. The number of aryl methyl sites for hydroxylation is 1. The molecule has 3 N–H and O–H groups in total. The number of amides is 1. The van der Waals surface area contributed by atoms with Crippen molar-refractivity contribution < 1.29 is 4.79 Å². The van der Waals surface area contributed by atoms with Gasteiger partial charge in [0.05, 0.1) is 0 Å². The molecule has 1 fully saturated rings. The number of nitrogens with one attached hydrogen (secondary N) is 1. The zero-order chi connectivity index (χ0) is 16.1. The van der Waals surface area contributed by atoms with E-state index in [4.69, 9.17) is 5.73 Å². The molecule has 2 rings (SSSR count). The van der Waals surface area contributed by atoms with Crippen LogP contribution in [0.15, 0.2) is 18.2 Å². The number of hydrogen-bond acceptors (Lipinski definition) is 4. The first-order valence-electron chi connectivity index (χ1n) is 8.01. The van der Waals surface area contributed by atoms with Crippen molar-refractivity contribution in [3.63, 3.8) is 0 Å². The standard InChI is InChI=1S/C17H28N4O/c1-13(12-21-8-6-20(3)7-9-21)11-19-17(22)16-10-15(18)5-4-14(16)2/h4-5,10,13H,6-9,11-12,18H2,1-3H3,(H,19,22). The smallest absolute Gasteiger partial charge is 0.251 e. The van der Waals surface area contributed by atoms with Gasteiger partial charge in [-0.1, -0.05) is 13.0 Å². The van der Waals surface area contributed by atoms with Crippen molar-refractivity contribution in [2.45, 2.75) is 13.8 Å². The highest BCUT2D eigenvalue weighted by molar-refractivity contribution is 5.96. The summed E-state index contributed by atoms with van der Waals surface area (Å²) in [5, 5.41) is 3.03. The summed E-state index contributed by atoms with van der Waals surface area (Å²) in [4.78, 5) is 17.1. The van der Waals surface area contributed by atoms with Crippen molar-refractivity contribution in [2.75, 3.05) is 52.0 Å². The highest BCUT2D eigenvalue weighted by Gasteiger charge is 2.17. The number of anilines is 1. The van der Waals surface area contributed by atoms with E-state index in [1.807, 2.05) is 19.1 Å². The van der Waals surface area contributed by atoms with E-state index in [-0.39, 0.29) is 5.91 Å². The Kier molecular flexibility index (Phi) is 5.80. The van der Waals surface area contributed by atoms with Gasteiger partial charge in [0.25, 0.3) is 5.91 Å². The van der Waals surface area contributed by atoms with Crippen molar-refractivity contribution in [3.05, 3.63) is 29.3 Å². The molecule has 0 spiro atoms. The van der Waals surface area contributed by atoms with Gasteiger partial charge in [0.15, 0.2) is 0 Å². The molecule has 1 aromatic carbocycles. The lowest BCUT2D eigenvalue weighted by Crippen LogP contribution is -2.46. The number of piperazine rings is 1. The first kappa shape index (κ1) is 16.8. The number of hydrogen-bond donors (Lipinski definition) is 2. The number of carbonyl (C=O) groups excluding carboxylic acids is 1. The number of rotatable bonds is 5. The highest BCUT2D eigenvalue weighted by atomic mass is 16.1. The molecule has 0 radical (unpaired) electrons. The van der Waals surface area contributed by atoms with Gasteiger partial charge in [0.1, 0.15) is 0 Å². The Bertz CT molecular complexity index is 509. The average Bonchev–Trinajstić information content (AvgIpc) is 2.49. The van der Waals surface area contributed by atoms with E-state index in [0.717, 1.165) is 38.3 Å². The number of nitrogen functional groups attached to an aromatic ring is 1. The Balaban J connectivity index is 1.79. The third-order valence-electron chi connectivity index (χ3n) is 4.28. The molecule has 1 aliphatic rings. The fourth-order valence-electron chi connectivity index (χ4n) is 2.78. The van der Waals surface area contributed by atoms with Crippen LogP contribution in [0.1, 0.15) is 22.8 Å². The Hall–Kier alpha value is -1.59. The van der Waals surface area contributed by atoms with Crippen molar-refractivity contribution in [1.29, 1.82) is 0 Å². The average molecular weight is 304 g/mol. The summed E-state index contributed by atoms with van der Waals surface area (Å²) in [5.74, 6) is 0.406. The van der Waals surface area contributed by atoms with Crippen LogP contribution in [0.3, 0.4) is 0 Å². The maximum absolute atomic E-state index is 12.3. The topological polar surface area (TPSA) is 61.6 Å². The minimum atomic E-state index is -0.0324. The van der Waals surface area contributed by atoms with Crippen LogP contribution in [-0.4, -0.2) is 62.0 Å². The van der Waals surface area contributed by atoms with Crippen molar-refractivity contribution in [2.24, 2.45) is 5.92 Å². The highest BCUT2D eigenvalue weighted by Crippen LogP contribution is 2.12. The van der Waals surface area contributed by atoms with E-state index in [0.29, 0.717) is 23.7 Å². The largest absolute Gasteiger partial charge is 0.399 e. The fraction of sp³-hybridized carbons (Fsp3) is 0.588. The normalized spacial score (nSPS) is 18.1. The van der Waals surface area contributed by atoms with Crippen LogP contribution in [0.2, 0.25) is 0 Å². The zero-order valence-corrected chi connectivity index (χ0v) is 13.9. The van der Waals surface area contributed by atoms with Crippen LogP contribution in [0.25, 0.3) is 0 Å². The summed E-state index contributed by atoms with van der Waals surface area (Å²) in [7, 11) is 2.16. The summed E-state index contributed by atoms with van der Waals surface area (Å²) in [6, 6.07) is 5.45. The molecular weight excluding hydrogens is 276 g/mol. The second-order valence-electron chi connectivity index (χ2n) is 6.49. The van der Waals surface area contributed by atoms with E-state index >= 15 is 0 Å². The molecule has 1 saturated heterocycles. The Morgan fingerprint density at radius 3 is 2.68 bits per heavy atom. The molecule has 5 nitrogen and oxygen atoms in total. The van der Waals surface area contributed by atoms with Gasteiger partial charge in [-0.05, 0) is 37.6 Å². The number of nitrogens with two attached hydrogens (primary N) is 1. The molecule has 1 aromatic rings. The van der Waals surface area contributed by atoms with Crippen LogP contribution in [0.4, 0.5) is 5.69 Å². The van der Waals surface area contributed by atoms with Gasteiger partial charge in [-0.15, -0.1) is 0 Å². The Morgan fingerprint density at radius 2 is 2.00 bits per heavy atom. The molecule has 1 amide bonds. The molecule has 0 bridgehead atoms. The van der Waals surface area contributed by atoms with Crippen LogP contribution in [0, 0.1) is 12.8 Å². The first-order valence-corrected chi connectivity index (χ1v) is 8.01.